The lowest BCUT2D eigenvalue weighted by molar-refractivity contribution is 0.371. The smallest absolute Gasteiger partial charge is 0.142 e. The van der Waals surface area contributed by atoms with E-state index in [4.69, 9.17) is 17.3 Å². The predicted molar refractivity (Wildman–Crippen MR) is 61.6 cm³/mol. The number of nitrogens with two attached hydrogens (primary N) is 1. The third-order valence-corrected chi connectivity index (χ3v) is 2.54. The maximum absolute atomic E-state index is 13.1. The van der Waals surface area contributed by atoms with Gasteiger partial charge in [0.2, 0.25) is 0 Å². The second-order valence-corrected chi connectivity index (χ2v) is 4.32. The summed E-state index contributed by atoms with van der Waals surface area (Å²) in [4.78, 5) is 2.00. The Labute approximate surface area is 94.8 Å². The van der Waals surface area contributed by atoms with Crippen molar-refractivity contribution in [2.75, 3.05) is 20.6 Å². The SMILES string of the molecule is CN(C)CC(N)Cc1cccc(F)c1Cl. The topological polar surface area (TPSA) is 29.3 Å². The molecule has 15 heavy (non-hydrogen) atoms. The van der Waals surface area contributed by atoms with E-state index in [1.807, 2.05) is 19.0 Å². The van der Waals surface area contributed by atoms with Crippen molar-refractivity contribution < 1.29 is 4.39 Å². The van der Waals surface area contributed by atoms with Crippen molar-refractivity contribution in [3.63, 3.8) is 0 Å². The predicted octanol–water partition coefficient (Wildman–Crippen LogP) is 1.91. The van der Waals surface area contributed by atoms with E-state index in [1.54, 1.807) is 12.1 Å². The van der Waals surface area contributed by atoms with Gasteiger partial charge in [0.15, 0.2) is 0 Å². The summed E-state index contributed by atoms with van der Waals surface area (Å²) >= 11 is 5.83. The van der Waals surface area contributed by atoms with E-state index in [0.29, 0.717) is 6.42 Å². The van der Waals surface area contributed by atoms with Gasteiger partial charge in [-0.1, -0.05) is 23.7 Å². The lowest BCUT2D eigenvalue weighted by Crippen LogP contribution is -2.35. The van der Waals surface area contributed by atoms with Gasteiger partial charge in [-0.15, -0.1) is 0 Å². The van der Waals surface area contributed by atoms with Crippen LogP contribution in [0.5, 0.6) is 0 Å². The van der Waals surface area contributed by atoms with Crippen LogP contribution in [-0.2, 0) is 6.42 Å². The van der Waals surface area contributed by atoms with Gasteiger partial charge in [-0.25, -0.2) is 4.39 Å². The molecule has 0 fully saturated rings. The molecule has 0 saturated carbocycles. The number of nitrogens with zero attached hydrogens (tertiary/aromatic N) is 1. The van der Waals surface area contributed by atoms with Crippen molar-refractivity contribution in [3.8, 4) is 0 Å². The minimum absolute atomic E-state index is 0.0284. The molecule has 0 aromatic heterocycles. The van der Waals surface area contributed by atoms with Gasteiger partial charge in [0.1, 0.15) is 5.82 Å². The summed E-state index contributed by atoms with van der Waals surface area (Å²) in [6.07, 6.45) is 0.592. The van der Waals surface area contributed by atoms with Gasteiger partial charge in [-0.05, 0) is 32.1 Å². The van der Waals surface area contributed by atoms with Crippen molar-refractivity contribution in [1.82, 2.24) is 4.90 Å². The van der Waals surface area contributed by atoms with Gasteiger partial charge in [0.25, 0.3) is 0 Å². The van der Waals surface area contributed by atoms with Crippen LogP contribution in [0.2, 0.25) is 5.02 Å². The number of halogens is 2. The van der Waals surface area contributed by atoms with Gasteiger partial charge in [-0.3, -0.25) is 0 Å². The maximum atomic E-state index is 13.1. The van der Waals surface area contributed by atoms with E-state index in [9.17, 15) is 4.39 Å². The molecule has 0 amide bonds. The largest absolute Gasteiger partial charge is 0.326 e. The van der Waals surface area contributed by atoms with Crippen molar-refractivity contribution in [2.45, 2.75) is 12.5 Å². The molecule has 0 aliphatic rings. The Morgan fingerprint density at radius 2 is 2.13 bits per heavy atom. The summed E-state index contributed by atoms with van der Waals surface area (Å²) in [6, 6.07) is 4.78. The Bertz CT molecular complexity index is 328. The second kappa shape index (κ2) is 5.45. The first-order valence-corrected chi connectivity index (χ1v) is 5.21. The van der Waals surface area contributed by atoms with Gasteiger partial charge in [0, 0.05) is 12.6 Å². The zero-order chi connectivity index (χ0) is 11.4. The molecule has 2 N–H and O–H groups in total. The number of hydrogen-bond acceptors (Lipinski definition) is 2. The van der Waals surface area contributed by atoms with Gasteiger partial charge in [0.05, 0.1) is 5.02 Å². The summed E-state index contributed by atoms with van der Waals surface area (Å²) in [5.74, 6) is -0.383. The highest BCUT2D eigenvalue weighted by Crippen LogP contribution is 2.20. The molecule has 0 aliphatic carbocycles. The van der Waals surface area contributed by atoms with Crippen LogP contribution in [0.1, 0.15) is 5.56 Å². The number of likely N-dealkylation sites (N-methyl/N-ethyl adjacent to an activating group) is 1. The fourth-order valence-corrected chi connectivity index (χ4v) is 1.73. The van der Waals surface area contributed by atoms with Crippen molar-refractivity contribution in [2.24, 2.45) is 5.73 Å². The van der Waals surface area contributed by atoms with Crippen molar-refractivity contribution in [1.29, 1.82) is 0 Å². The molecule has 0 saturated heterocycles. The Kier molecular flexibility index (Phi) is 4.51. The summed E-state index contributed by atoms with van der Waals surface area (Å²) in [5.41, 5.74) is 6.67. The molecule has 0 bridgehead atoms. The summed E-state index contributed by atoms with van der Waals surface area (Å²) in [6.45, 7) is 0.757. The lowest BCUT2D eigenvalue weighted by Gasteiger charge is -2.17. The lowest BCUT2D eigenvalue weighted by atomic mass is 10.1. The maximum Gasteiger partial charge on any atom is 0.142 e. The number of benzene rings is 1. The first-order valence-electron chi connectivity index (χ1n) is 4.84. The molecular formula is C11H16ClFN2. The van der Waals surface area contributed by atoms with Crippen LogP contribution >= 0.6 is 11.6 Å². The molecule has 4 heteroatoms. The zero-order valence-corrected chi connectivity index (χ0v) is 9.76. The van der Waals surface area contributed by atoms with Crippen LogP contribution in [0.4, 0.5) is 4.39 Å². The third-order valence-electron chi connectivity index (χ3n) is 2.11. The molecule has 1 rings (SSSR count). The van der Waals surface area contributed by atoms with Gasteiger partial charge in [-0.2, -0.15) is 0 Å². The minimum Gasteiger partial charge on any atom is -0.326 e. The normalized spacial score (nSPS) is 13.2. The summed E-state index contributed by atoms with van der Waals surface area (Å²) in [7, 11) is 3.90. The van der Waals surface area contributed by atoms with Crippen LogP contribution in [0.3, 0.4) is 0 Å². The summed E-state index contributed by atoms with van der Waals surface area (Å²) < 4.78 is 13.1. The van der Waals surface area contributed by atoms with Crippen LogP contribution in [0.25, 0.3) is 0 Å². The highest BCUT2D eigenvalue weighted by Gasteiger charge is 2.10. The Morgan fingerprint density at radius 1 is 1.47 bits per heavy atom. The first-order chi connectivity index (χ1) is 7.00. The van der Waals surface area contributed by atoms with Gasteiger partial charge >= 0.3 is 0 Å². The molecule has 0 spiro atoms. The minimum atomic E-state index is -0.383. The van der Waals surface area contributed by atoms with E-state index in [2.05, 4.69) is 0 Å². The molecule has 0 radical (unpaired) electrons. The van der Waals surface area contributed by atoms with Crippen LogP contribution < -0.4 is 5.73 Å². The van der Waals surface area contributed by atoms with E-state index in [1.165, 1.54) is 6.07 Å². The second-order valence-electron chi connectivity index (χ2n) is 3.94. The number of hydrogen-bond donors (Lipinski definition) is 1. The molecular weight excluding hydrogens is 215 g/mol. The molecule has 2 nitrogen and oxygen atoms in total. The van der Waals surface area contributed by atoms with Crippen LogP contribution in [0, 0.1) is 5.82 Å². The Hall–Kier alpha value is -0.640. The highest BCUT2D eigenvalue weighted by molar-refractivity contribution is 6.31. The molecule has 1 aromatic carbocycles. The van der Waals surface area contributed by atoms with E-state index >= 15 is 0 Å². The molecule has 1 unspecified atom stereocenters. The third kappa shape index (κ3) is 3.78. The standard InChI is InChI=1S/C11H16ClFN2/c1-15(2)7-9(14)6-8-4-3-5-10(13)11(8)12/h3-5,9H,6-7,14H2,1-2H3. The molecule has 84 valence electrons. The summed E-state index contributed by atoms with van der Waals surface area (Å²) in [5, 5.41) is 0.187. The zero-order valence-electron chi connectivity index (χ0n) is 9.00. The molecule has 1 aromatic rings. The fourth-order valence-electron chi connectivity index (χ4n) is 1.52. The average Bonchev–Trinajstić information content (AvgIpc) is 2.11. The van der Waals surface area contributed by atoms with Crippen molar-refractivity contribution in [3.05, 3.63) is 34.6 Å². The number of rotatable bonds is 4. The molecule has 0 heterocycles. The van der Waals surface area contributed by atoms with Crippen LogP contribution in [0.15, 0.2) is 18.2 Å². The first kappa shape index (κ1) is 12.4. The Balaban J connectivity index is 2.68. The fraction of sp³-hybridized carbons (Fsp3) is 0.455. The van der Waals surface area contributed by atoms with E-state index in [0.717, 1.165) is 12.1 Å². The van der Waals surface area contributed by atoms with E-state index in [-0.39, 0.29) is 16.9 Å². The van der Waals surface area contributed by atoms with Crippen LogP contribution in [-0.4, -0.2) is 31.6 Å². The Morgan fingerprint density at radius 3 is 2.73 bits per heavy atom. The van der Waals surface area contributed by atoms with Crippen molar-refractivity contribution >= 4 is 11.6 Å². The molecule has 0 aliphatic heterocycles. The van der Waals surface area contributed by atoms with Gasteiger partial charge < -0.3 is 10.6 Å². The van der Waals surface area contributed by atoms with E-state index < -0.39 is 0 Å². The highest BCUT2D eigenvalue weighted by atomic mass is 35.5. The molecule has 1 atom stereocenters. The monoisotopic (exact) mass is 230 g/mol. The quantitative estimate of drug-likeness (QED) is 0.856. The average molecular weight is 231 g/mol.